The van der Waals surface area contributed by atoms with Crippen LogP contribution in [0.1, 0.15) is 0 Å². The first-order chi connectivity index (χ1) is 22.8. The Morgan fingerprint density at radius 2 is 1.00 bits per heavy atom. The topological polar surface area (TPSA) is 29.3 Å². The number of rotatable bonds is 5. The average molecular weight is 589 g/mol. The van der Waals surface area contributed by atoms with Gasteiger partial charge in [0.15, 0.2) is 5.58 Å². The zero-order valence-corrected chi connectivity index (χ0v) is 25.0. The van der Waals surface area contributed by atoms with E-state index >= 15 is 0 Å². The third-order valence-electron chi connectivity index (χ3n) is 8.85. The Hall–Kier alpha value is -6.19. The molecule has 0 saturated carbocycles. The molecule has 0 N–H and O–H groups in total. The second-order valence-electron chi connectivity index (χ2n) is 11.6. The fraction of sp³-hybridized carbons (Fsp3) is 0. The van der Waals surface area contributed by atoms with Crippen LogP contribution in [0.5, 0.6) is 0 Å². The molecule has 1 aromatic heterocycles. The molecule has 3 nitrogen and oxygen atoms in total. The Labute approximate surface area is 266 Å². The zero-order valence-electron chi connectivity index (χ0n) is 25.0. The maximum atomic E-state index is 6.55. The monoisotopic (exact) mass is 588 g/mol. The molecule has 0 radical (unpaired) electrons. The molecule has 0 aliphatic heterocycles. The average Bonchev–Trinajstić information content (AvgIpc) is 3.59. The van der Waals surface area contributed by atoms with Crippen molar-refractivity contribution in [3.8, 4) is 22.6 Å². The van der Waals surface area contributed by atoms with Crippen LogP contribution >= 0.6 is 0 Å². The van der Waals surface area contributed by atoms with Crippen LogP contribution in [0.25, 0.3) is 66.0 Å². The Morgan fingerprint density at radius 3 is 1.74 bits per heavy atom. The van der Waals surface area contributed by atoms with Crippen molar-refractivity contribution in [3.63, 3.8) is 0 Å². The summed E-state index contributed by atoms with van der Waals surface area (Å²) in [6.07, 6.45) is 0. The van der Waals surface area contributed by atoms with Gasteiger partial charge in [0.05, 0.1) is 5.69 Å². The summed E-state index contributed by atoms with van der Waals surface area (Å²) < 4.78 is 6.55. The quantitative estimate of drug-likeness (QED) is 0.187. The van der Waals surface area contributed by atoms with Crippen LogP contribution in [0.4, 0.5) is 17.1 Å². The summed E-state index contributed by atoms with van der Waals surface area (Å²) in [4.78, 5) is 7.41. The molecular weight excluding hydrogens is 560 g/mol. The molecule has 0 spiro atoms. The summed E-state index contributed by atoms with van der Waals surface area (Å²) >= 11 is 0. The highest BCUT2D eigenvalue weighted by Gasteiger charge is 2.22. The van der Waals surface area contributed by atoms with E-state index in [0.717, 1.165) is 44.5 Å². The van der Waals surface area contributed by atoms with Gasteiger partial charge >= 0.3 is 0 Å². The number of anilines is 3. The Balaban J connectivity index is 1.25. The summed E-state index contributed by atoms with van der Waals surface area (Å²) in [6, 6.07) is 59.7. The third-order valence-corrected chi connectivity index (χ3v) is 8.85. The van der Waals surface area contributed by atoms with E-state index in [1.807, 2.05) is 30.3 Å². The highest BCUT2D eigenvalue weighted by molar-refractivity contribution is 6.14. The van der Waals surface area contributed by atoms with Gasteiger partial charge in [-0.3, -0.25) is 0 Å². The molecule has 0 aliphatic rings. The van der Waals surface area contributed by atoms with Gasteiger partial charge in [-0.2, -0.15) is 0 Å². The van der Waals surface area contributed by atoms with E-state index in [1.54, 1.807) is 0 Å². The van der Waals surface area contributed by atoms with Gasteiger partial charge in [0.25, 0.3) is 0 Å². The Kier molecular flexibility index (Phi) is 6.14. The molecule has 0 fully saturated rings. The van der Waals surface area contributed by atoms with Gasteiger partial charge in [0.1, 0.15) is 5.52 Å². The molecule has 1 heterocycles. The van der Waals surface area contributed by atoms with E-state index in [1.165, 1.54) is 32.7 Å². The number of fused-ring (bicyclic) bond motifs is 6. The predicted octanol–water partition coefficient (Wildman–Crippen LogP) is 12.1. The first kappa shape index (κ1) is 26.2. The largest absolute Gasteiger partial charge is 0.435 e. The SMILES string of the molecule is c1ccc(-c2nc3c(N(c4ccccc4)c4ccc(-c5cc6ccccc6c6ccccc56)cc4)cc4ccccc4c3o2)cc1. The maximum absolute atomic E-state index is 6.55. The maximum Gasteiger partial charge on any atom is 0.227 e. The highest BCUT2D eigenvalue weighted by Crippen LogP contribution is 2.44. The first-order valence-electron chi connectivity index (χ1n) is 15.6. The molecule has 216 valence electrons. The van der Waals surface area contributed by atoms with Crippen LogP contribution in [0, 0.1) is 0 Å². The number of aromatic nitrogens is 1. The highest BCUT2D eigenvalue weighted by atomic mass is 16.3. The van der Waals surface area contributed by atoms with Gasteiger partial charge in [0.2, 0.25) is 5.89 Å². The number of nitrogens with zero attached hydrogens (tertiary/aromatic N) is 2. The zero-order chi connectivity index (χ0) is 30.5. The Bertz CT molecular complexity index is 2520. The summed E-state index contributed by atoms with van der Waals surface area (Å²) in [5, 5.41) is 7.18. The number of para-hydroxylation sites is 1. The second kappa shape index (κ2) is 10.8. The van der Waals surface area contributed by atoms with E-state index in [2.05, 4.69) is 144 Å². The fourth-order valence-electron chi connectivity index (χ4n) is 6.68. The third kappa shape index (κ3) is 4.33. The number of hydrogen-bond donors (Lipinski definition) is 0. The van der Waals surface area contributed by atoms with E-state index in [-0.39, 0.29) is 0 Å². The van der Waals surface area contributed by atoms with Gasteiger partial charge in [0, 0.05) is 22.3 Å². The lowest BCUT2D eigenvalue weighted by Crippen LogP contribution is -2.10. The van der Waals surface area contributed by atoms with Crippen molar-refractivity contribution in [2.45, 2.75) is 0 Å². The summed E-state index contributed by atoms with van der Waals surface area (Å²) in [5.74, 6) is 0.611. The van der Waals surface area contributed by atoms with Crippen LogP contribution in [-0.2, 0) is 0 Å². The number of benzene rings is 8. The number of oxazole rings is 1. The smallest absolute Gasteiger partial charge is 0.227 e. The van der Waals surface area contributed by atoms with Crippen molar-refractivity contribution in [1.82, 2.24) is 4.98 Å². The molecule has 0 amide bonds. The molecule has 46 heavy (non-hydrogen) atoms. The molecule has 0 bridgehead atoms. The van der Waals surface area contributed by atoms with Crippen molar-refractivity contribution in [2.75, 3.05) is 4.90 Å². The summed E-state index contributed by atoms with van der Waals surface area (Å²) in [7, 11) is 0. The van der Waals surface area contributed by atoms with Crippen molar-refractivity contribution >= 4 is 60.5 Å². The van der Waals surface area contributed by atoms with Gasteiger partial charge < -0.3 is 9.32 Å². The minimum Gasteiger partial charge on any atom is -0.435 e. The van der Waals surface area contributed by atoms with E-state index in [0.29, 0.717) is 5.89 Å². The molecular formula is C43H28N2O. The van der Waals surface area contributed by atoms with Crippen molar-refractivity contribution in [1.29, 1.82) is 0 Å². The molecule has 0 unspecified atom stereocenters. The fourth-order valence-corrected chi connectivity index (χ4v) is 6.68. The standard InChI is InChI=1S/C43H28N2O/c1-3-13-30(14-4-1)43-44-41-40(28-32-16-8-10-20-36(32)42(41)46-43)45(33-17-5-2-6-18-33)34-25-23-29(24-26-34)39-27-31-15-7-9-19-35(31)37-21-11-12-22-38(37)39/h1-28H. The van der Waals surface area contributed by atoms with Crippen LogP contribution in [0.2, 0.25) is 0 Å². The van der Waals surface area contributed by atoms with E-state index in [9.17, 15) is 0 Å². The lowest BCUT2D eigenvalue weighted by molar-refractivity contribution is 0.623. The van der Waals surface area contributed by atoms with Crippen LogP contribution in [-0.4, -0.2) is 4.98 Å². The lowest BCUT2D eigenvalue weighted by atomic mass is 9.93. The van der Waals surface area contributed by atoms with Crippen molar-refractivity contribution in [3.05, 3.63) is 170 Å². The lowest BCUT2D eigenvalue weighted by Gasteiger charge is -2.26. The van der Waals surface area contributed by atoms with Crippen molar-refractivity contribution < 1.29 is 4.42 Å². The first-order valence-corrected chi connectivity index (χ1v) is 15.6. The van der Waals surface area contributed by atoms with Gasteiger partial charge in [-0.15, -0.1) is 0 Å². The summed E-state index contributed by atoms with van der Waals surface area (Å²) in [5.41, 5.74) is 8.02. The molecule has 0 aliphatic carbocycles. The predicted molar refractivity (Wildman–Crippen MR) is 192 cm³/mol. The van der Waals surface area contributed by atoms with Crippen LogP contribution in [0.3, 0.4) is 0 Å². The molecule has 9 aromatic rings. The summed E-state index contributed by atoms with van der Waals surface area (Å²) in [6.45, 7) is 0. The Morgan fingerprint density at radius 1 is 0.435 bits per heavy atom. The molecule has 8 aromatic carbocycles. The normalized spacial score (nSPS) is 11.5. The van der Waals surface area contributed by atoms with Gasteiger partial charge in [-0.1, -0.05) is 121 Å². The van der Waals surface area contributed by atoms with Gasteiger partial charge in [-0.05, 0) is 86.6 Å². The second-order valence-corrected chi connectivity index (χ2v) is 11.6. The van der Waals surface area contributed by atoms with Crippen molar-refractivity contribution in [2.24, 2.45) is 0 Å². The minimum absolute atomic E-state index is 0.611. The minimum atomic E-state index is 0.611. The van der Waals surface area contributed by atoms with Crippen LogP contribution in [0.15, 0.2) is 174 Å². The van der Waals surface area contributed by atoms with E-state index in [4.69, 9.17) is 9.40 Å². The van der Waals surface area contributed by atoms with E-state index < -0.39 is 0 Å². The van der Waals surface area contributed by atoms with Gasteiger partial charge in [-0.25, -0.2) is 4.98 Å². The molecule has 3 heteroatoms. The molecule has 0 atom stereocenters. The van der Waals surface area contributed by atoms with Crippen LogP contribution < -0.4 is 4.90 Å². The number of hydrogen-bond acceptors (Lipinski definition) is 3. The molecule has 0 saturated heterocycles. The molecule has 9 rings (SSSR count).